The van der Waals surface area contributed by atoms with Gasteiger partial charge in [0.1, 0.15) is 11.6 Å². The molecule has 0 heterocycles. The lowest BCUT2D eigenvalue weighted by atomic mass is 10.2. The molecule has 0 amide bonds. The van der Waals surface area contributed by atoms with Gasteiger partial charge in [0.2, 0.25) is 0 Å². The second-order valence-electron chi connectivity index (χ2n) is 3.40. The van der Waals surface area contributed by atoms with E-state index >= 15 is 0 Å². The van der Waals surface area contributed by atoms with Crippen LogP contribution in [0.15, 0.2) is 18.2 Å². The Morgan fingerprint density at radius 3 is 2.60 bits per heavy atom. The standard InChI is InChI=1S/C11H16F2N2/c12-9-4-5-11(10(13)8-9)15-7-3-1-2-6-14/h4-5,8,15H,1-3,6-7,14H2. The van der Waals surface area contributed by atoms with Gasteiger partial charge in [0, 0.05) is 12.6 Å². The van der Waals surface area contributed by atoms with Gasteiger partial charge in [0.15, 0.2) is 0 Å². The van der Waals surface area contributed by atoms with Gasteiger partial charge in [0.25, 0.3) is 0 Å². The van der Waals surface area contributed by atoms with E-state index in [1.165, 1.54) is 12.1 Å². The zero-order valence-corrected chi connectivity index (χ0v) is 8.60. The van der Waals surface area contributed by atoms with Gasteiger partial charge in [-0.1, -0.05) is 6.42 Å². The average Bonchev–Trinajstić information content (AvgIpc) is 2.20. The molecule has 1 rings (SSSR count). The van der Waals surface area contributed by atoms with Crippen molar-refractivity contribution in [2.24, 2.45) is 5.73 Å². The summed E-state index contributed by atoms with van der Waals surface area (Å²) in [7, 11) is 0. The molecule has 0 aliphatic carbocycles. The molecule has 0 spiro atoms. The van der Waals surface area contributed by atoms with Gasteiger partial charge in [-0.15, -0.1) is 0 Å². The third kappa shape index (κ3) is 4.25. The number of nitrogens with two attached hydrogens (primary N) is 1. The molecule has 0 bridgehead atoms. The molecular weight excluding hydrogens is 198 g/mol. The molecule has 4 heteroatoms. The monoisotopic (exact) mass is 214 g/mol. The summed E-state index contributed by atoms with van der Waals surface area (Å²) in [4.78, 5) is 0. The minimum Gasteiger partial charge on any atom is -0.383 e. The van der Waals surface area contributed by atoms with Crippen LogP contribution in [-0.4, -0.2) is 13.1 Å². The van der Waals surface area contributed by atoms with E-state index in [1.54, 1.807) is 0 Å². The van der Waals surface area contributed by atoms with Crippen molar-refractivity contribution in [1.29, 1.82) is 0 Å². The first-order valence-electron chi connectivity index (χ1n) is 5.13. The molecule has 0 aliphatic heterocycles. The highest BCUT2D eigenvalue weighted by molar-refractivity contribution is 5.44. The predicted octanol–water partition coefficient (Wildman–Crippen LogP) is 2.51. The summed E-state index contributed by atoms with van der Waals surface area (Å²) >= 11 is 0. The van der Waals surface area contributed by atoms with Gasteiger partial charge in [-0.2, -0.15) is 0 Å². The molecule has 0 radical (unpaired) electrons. The fourth-order valence-corrected chi connectivity index (χ4v) is 1.30. The van der Waals surface area contributed by atoms with Crippen LogP contribution in [0, 0.1) is 11.6 Å². The fraction of sp³-hybridized carbons (Fsp3) is 0.455. The van der Waals surface area contributed by atoms with Crippen molar-refractivity contribution in [3.05, 3.63) is 29.8 Å². The molecule has 0 unspecified atom stereocenters. The first-order chi connectivity index (χ1) is 7.24. The Bertz CT molecular complexity index is 303. The van der Waals surface area contributed by atoms with E-state index in [-0.39, 0.29) is 0 Å². The normalized spacial score (nSPS) is 10.3. The minimum atomic E-state index is -0.554. The maximum Gasteiger partial charge on any atom is 0.149 e. The van der Waals surface area contributed by atoms with E-state index in [0.29, 0.717) is 18.8 Å². The summed E-state index contributed by atoms with van der Waals surface area (Å²) in [5.41, 5.74) is 5.69. The Morgan fingerprint density at radius 1 is 1.13 bits per heavy atom. The highest BCUT2D eigenvalue weighted by Gasteiger charge is 2.01. The molecule has 3 N–H and O–H groups in total. The zero-order valence-electron chi connectivity index (χ0n) is 8.60. The molecule has 15 heavy (non-hydrogen) atoms. The van der Waals surface area contributed by atoms with Crippen LogP contribution in [0.3, 0.4) is 0 Å². The lowest BCUT2D eigenvalue weighted by molar-refractivity contribution is 0.584. The molecule has 0 atom stereocenters. The molecular formula is C11H16F2N2. The number of anilines is 1. The van der Waals surface area contributed by atoms with Gasteiger partial charge in [-0.3, -0.25) is 0 Å². The van der Waals surface area contributed by atoms with Crippen molar-refractivity contribution in [3.8, 4) is 0 Å². The Morgan fingerprint density at radius 2 is 1.93 bits per heavy atom. The van der Waals surface area contributed by atoms with Crippen molar-refractivity contribution in [2.45, 2.75) is 19.3 Å². The van der Waals surface area contributed by atoms with Crippen LogP contribution >= 0.6 is 0 Å². The Kier molecular flexibility index (Phi) is 5.04. The lowest BCUT2D eigenvalue weighted by Gasteiger charge is -2.06. The summed E-state index contributed by atoms with van der Waals surface area (Å²) < 4.78 is 25.7. The maximum atomic E-state index is 13.1. The highest BCUT2D eigenvalue weighted by atomic mass is 19.1. The number of halogens is 2. The van der Waals surface area contributed by atoms with E-state index < -0.39 is 11.6 Å². The van der Waals surface area contributed by atoms with E-state index in [0.717, 1.165) is 25.3 Å². The van der Waals surface area contributed by atoms with E-state index in [9.17, 15) is 8.78 Å². The first-order valence-corrected chi connectivity index (χ1v) is 5.13. The van der Waals surface area contributed by atoms with Crippen LogP contribution in [0.5, 0.6) is 0 Å². The van der Waals surface area contributed by atoms with Crippen LogP contribution in [0.4, 0.5) is 14.5 Å². The second kappa shape index (κ2) is 6.35. The largest absolute Gasteiger partial charge is 0.383 e. The maximum absolute atomic E-state index is 13.1. The molecule has 0 saturated carbocycles. The van der Waals surface area contributed by atoms with Crippen LogP contribution in [0.2, 0.25) is 0 Å². The molecule has 0 aliphatic rings. The van der Waals surface area contributed by atoms with E-state index in [1.807, 2.05) is 0 Å². The summed E-state index contributed by atoms with van der Waals surface area (Å²) in [6.45, 7) is 1.37. The van der Waals surface area contributed by atoms with Gasteiger partial charge < -0.3 is 11.1 Å². The Hall–Kier alpha value is -1.16. The smallest absolute Gasteiger partial charge is 0.149 e. The van der Waals surface area contributed by atoms with E-state index in [4.69, 9.17) is 5.73 Å². The van der Waals surface area contributed by atoms with Gasteiger partial charge in [-0.05, 0) is 31.5 Å². The number of benzene rings is 1. The fourth-order valence-electron chi connectivity index (χ4n) is 1.30. The quantitative estimate of drug-likeness (QED) is 0.714. The summed E-state index contributed by atoms with van der Waals surface area (Å²) in [6, 6.07) is 3.53. The predicted molar refractivity (Wildman–Crippen MR) is 57.8 cm³/mol. The zero-order chi connectivity index (χ0) is 11.1. The Labute approximate surface area is 88.5 Å². The number of hydrogen-bond acceptors (Lipinski definition) is 2. The summed E-state index contributed by atoms with van der Waals surface area (Å²) in [6.07, 6.45) is 2.94. The SMILES string of the molecule is NCCCCCNc1ccc(F)cc1F. The van der Waals surface area contributed by atoms with Crippen molar-refractivity contribution in [3.63, 3.8) is 0 Å². The number of hydrogen-bond donors (Lipinski definition) is 2. The molecule has 0 saturated heterocycles. The van der Waals surface area contributed by atoms with Crippen molar-refractivity contribution in [1.82, 2.24) is 0 Å². The topological polar surface area (TPSA) is 38.0 Å². The number of unbranched alkanes of at least 4 members (excludes halogenated alkanes) is 2. The summed E-state index contributed by atoms with van der Waals surface area (Å²) in [5.74, 6) is -1.10. The van der Waals surface area contributed by atoms with Crippen molar-refractivity contribution >= 4 is 5.69 Å². The molecule has 1 aromatic rings. The van der Waals surface area contributed by atoms with Crippen molar-refractivity contribution in [2.75, 3.05) is 18.4 Å². The van der Waals surface area contributed by atoms with Crippen LogP contribution < -0.4 is 11.1 Å². The first kappa shape index (κ1) is 11.9. The van der Waals surface area contributed by atoms with E-state index in [2.05, 4.69) is 5.32 Å². The van der Waals surface area contributed by atoms with Crippen molar-refractivity contribution < 1.29 is 8.78 Å². The van der Waals surface area contributed by atoms with Gasteiger partial charge in [0.05, 0.1) is 5.69 Å². The second-order valence-corrected chi connectivity index (χ2v) is 3.40. The molecule has 84 valence electrons. The Balaban J connectivity index is 2.31. The van der Waals surface area contributed by atoms with Crippen LogP contribution in [0.25, 0.3) is 0 Å². The average molecular weight is 214 g/mol. The third-order valence-corrected chi connectivity index (χ3v) is 2.13. The summed E-state index contributed by atoms with van der Waals surface area (Å²) in [5, 5.41) is 2.92. The molecule has 0 fully saturated rings. The number of nitrogens with one attached hydrogen (secondary N) is 1. The minimum absolute atomic E-state index is 0.351. The highest BCUT2D eigenvalue weighted by Crippen LogP contribution is 2.14. The van der Waals surface area contributed by atoms with Gasteiger partial charge >= 0.3 is 0 Å². The van der Waals surface area contributed by atoms with Crippen LogP contribution in [0.1, 0.15) is 19.3 Å². The molecule has 0 aromatic heterocycles. The third-order valence-electron chi connectivity index (χ3n) is 2.13. The molecule has 1 aromatic carbocycles. The number of rotatable bonds is 6. The van der Waals surface area contributed by atoms with Crippen LogP contribution in [-0.2, 0) is 0 Å². The molecule has 2 nitrogen and oxygen atoms in total. The lowest BCUT2D eigenvalue weighted by Crippen LogP contribution is -2.05. The van der Waals surface area contributed by atoms with Gasteiger partial charge in [-0.25, -0.2) is 8.78 Å².